The summed E-state index contributed by atoms with van der Waals surface area (Å²) in [5.74, 6) is 0.368. The van der Waals surface area contributed by atoms with E-state index in [0.29, 0.717) is 5.75 Å². The number of benzene rings is 1. The highest BCUT2D eigenvalue weighted by atomic mass is 16.3. The second-order valence-electron chi connectivity index (χ2n) is 2.19. The van der Waals surface area contributed by atoms with E-state index in [0.717, 1.165) is 5.56 Å². The van der Waals surface area contributed by atoms with E-state index in [9.17, 15) is 0 Å². The molecule has 0 saturated carbocycles. The molecule has 0 aromatic heterocycles. The van der Waals surface area contributed by atoms with Crippen LogP contribution < -0.4 is 0 Å². The molecule has 1 aromatic carbocycles. The van der Waals surface area contributed by atoms with E-state index in [2.05, 4.69) is 6.58 Å². The van der Waals surface area contributed by atoms with Crippen LogP contribution >= 0.6 is 0 Å². The molecule has 1 rings (SSSR count). The van der Waals surface area contributed by atoms with Gasteiger partial charge < -0.3 is 5.11 Å². The van der Waals surface area contributed by atoms with Crippen molar-refractivity contribution < 1.29 is 5.11 Å². The lowest BCUT2D eigenvalue weighted by Crippen LogP contribution is -1.68. The number of hydrogen-bond acceptors (Lipinski definition) is 1. The Balaban J connectivity index is 0.000000292. The fourth-order valence-electron chi connectivity index (χ4n) is 0.563. The van der Waals surface area contributed by atoms with Gasteiger partial charge in [0.15, 0.2) is 0 Å². The highest BCUT2D eigenvalue weighted by molar-refractivity contribution is 5.29. The summed E-state index contributed by atoms with van der Waals surface area (Å²) < 4.78 is 0. The summed E-state index contributed by atoms with van der Waals surface area (Å²) in [5.41, 5.74) is 0.924. The normalized spacial score (nSPS) is 7.82. The first-order valence-corrected chi connectivity index (χ1v) is 3.54. The van der Waals surface area contributed by atoms with Crippen molar-refractivity contribution in [3.63, 3.8) is 0 Å². The molecule has 0 amide bonds. The van der Waals surface area contributed by atoms with Crippen molar-refractivity contribution in [2.75, 3.05) is 0 Å². The minimum absolute atomic E-state index is 0.368. The molecule has 0 aliphatic carbocycles. The fraction of sp³-hybridized carbons (Fsp3) is 0.200. The maximum atomic E-state index is 8.92. The van der Waals surface area contributed by atoms with Crippen molar-refractivity contribution in [2.45, 2.75) is 13.8 Å². The first kappa shape index (κ1) is 9.76. The molecule has 0 spiro atoms. The number of aromatic hydroxyl groups is 1. The summed E-state index contributed by atoms with van der Waals surface area (Å²) in [6, 6.07) is 7.25. The van der Waals surface area contributed by atoms with E-state index < -0.39 is 0 Å². The summed E-state index contributed by atoms with van der Waals surface area (Å²) in [6.45, 7) is 7.12. The Kier molecular flexibility index (Phi) is 4.91. The average Bonchev–Trinajstić information content (AvgIpc) is 1.97. The van der Waals surface area contributed by atoms with Gasteiger partial charge in [0.05, 0.1) is 0 Å². The molecule has 0 radical (unpaired) electrons. The lowest BCUT2D eigenvalue weighted by Gasteiger charge is -1.92. The van der Waals surface area contributed by atoms with Gasteiger partial charge in [0, 0.05) is 0 Å². The van der Waals surface area contributed by atoms with Gasteiger partial charge in [0.2, 0.25) is 0 Å². The van der Waals surface area contributed by atoms with Crippen molar-refractivity contribution in [3.8, 4) is 5.75 Å². The molecule has 1 N–H and O–H groups in total. The molecule has 1 nitrogen and oxygen atoms in total. The van der Waals surface area contributed by atoms with Crippen LogP contribution in [0, 0.1) is 6.92 Å². The molecule has 1 heteroatoms. The Morgan fingerprint density at radius 3 is 2.09 bits per heavy atom. The van der Waals surface area contributed by atoms with Gasteiger partial charge in [0.25, 0.3) is 0 Å². The summed E-state index contributed by atoms with van der Waals surface area (Å²) in [5, 5.41) is 8.92. The fourth-order valence-corrected chi connectivity index (χ4v) is 0.563. The highest BCUT2D eigenvalue weighted by Crippen LogP contribution is 2.12. The molecule has 0 unspecified atom stereocenters. The summed E-state index contributed by atoms with van der Waals surface area (Å²) in [7, 11) is 0. The van der Waals surface area contributed by atoms with Crippen LogP contribution in [0.15, 0.2) is 36.9 Å². The van der Waals surface area contributed by atoms with Crippen molar-refractivity contribution in [1.29, 1.82) is 0 Å². The van der Waals surface area contributed by atoms with Gasteiger partial charge in [-0.05, 0) is 25.5 Å². The third-order valence-corrected chi connectivity index (χ3v) is 1.12. The zero-order valence-electron chi connectivity index (χ0n) is 7.04. The van der Waals surface area contributed by atoms with Crippen LogP contribution in [0.3, 0.4) is 0 Å². The van der Waals surface area contributed by atoms with Crippen LogP contribution in [-0.2, 0) is 0 Å². The Morgan fingerprint density at radius 1 is 1.36 bits per heavy atom. The van der Waals surface area contributed by atoms with Crippen LogP contribution in [0.5, 0.6) is 5.75 Å². The minimum atomic E-state index is 0.368. The average molecular weight is 150 g/mol. The lowest BCUT2D eigenvalue weighted by molar-refractivity contribution is 0.471. The highest BCUT2D eigenvalue weighted by Gasteiger charge is 1.86. The lowest BCUT2D eigenvalue weighted by atomic mass is 10.2. The number of para-hydroxylation sites is 1. The number of aryl methyl sites for hydroxylation is 1. The molecule has 0 bridgehead atoms. The molecule has 0 fully saturated rings. The van der Waals surface area contributed by atoms with Crippen molar-refractivity contribution in [1.82, 2.24) is 0 Å². The Hall–Kier alpha value is -1.24. The maximum absolute atomic E-state index is 8.92. The topological polar surface area (TPSA) is 20.2 Å². The Labute approximate surface area is 68.0 Å². The smallest absolute Gasteiger partial charge is 0.118 e. The van der Waals surface area contributed by atoms with Crippen LogP contribution in [0.2, 0.25) is 0 Å². The molecule has 0 aliphatic heterocycles. The molecule has 1 aromatic rings. The standard InChI is InChI=1S/C7H8O.C3H6/c1-6-4-2-3-5-7(6)8;1-3-2/h2-5,8H,1H3;3H,1H2,2H3. The van der Waals surface area contributed by atoms with E-state index in [1.54, 1.807) is 12.1 Å². The summed E-state index contributed by atoms with van der Waals surface area (Å²) >= 11 is 0. The van der Waals surface area contributed by atoms with Crippen molar-refractivity contribution >= 4 is 0 Å². The zero-order valence-corrected chi connectivity index (χ0v) is 7.04. The molecule has 0 atom stereocenters. The van der Waals surface area contributed by atoms with E-state index in [1.165, 1.54) is 0 Å². The molecule has 0 aliphatic rings. The van der Waals surface area contributed by atoms with E-state index in [1.807, 2.05) is 32.0 Å². The first-order valence-electron chi connectivity index (χ1n) is 3.54. The minimum Gasteiger partial charge on any atom is -0.508 e. The van der Waals surface area contributed by atoms with Gasteiger partial charge in [-0.25, -0.2) is 0 Å². The third kappa shape index (κ3) is 4.20. The van der Waals surface area contributed by atoms with Gasteiger partial charge >= 0.3 is 0 Å². The van der Waals surface area contributed by atoms with Gasteiger partial charge in [-0.1, -0.05) is 24.3 Å². The number of allylic oxidation sites excluding steroid dienone is 1. The van der Waals surface area contributed by atoms with Crippen molar-refractivity contribution in [2.24, 2.45) is 0 Å². The van der Waals surface area contributed by atoms with Crippen molar-refractivity contribution in [3.05, 3.63) is 42.5 Å². The van der Waals surface area contributed by atoms with Crippen LogP contribution in [-0.4, -0.2) is 5.11 Å². The second-order valence-corrected chi connectivity index (χ2v) is 2.19. The molecular formula is C10H14O. The number of rotatable bonds is 0. The predicted molar refractivity (Wildman–Crippen MR) is 48.7 cm³/mol. The number of hydrogen-bond donors (Lipinski definition) is 1. The second kappa shape index (κ2) is 5.54. The quantitative estimate of drug-likeness (QED) is 0.564. The van der Waals surface area contributed by atoms with E-state index >= 15 is 0 Å². The summed E-state index contributed by atoms with van der Waals surface area (Å²) in [6.07, 6.45) is 1.75. The monoisotopic (exact) mass is 150 g/mol. The number of phenolic OH excluding ortho intramolecular Hbond substituents is 1. The molecular weight excluding hydrogens is 136 g/mol. The van der Waals surface area contributed by atoms with Crippen LogP contribution in [0.1, 0.15) is 12.5 Å². The van der Waals surface area contributed by atoms with Gasteiger partial charge in [-0.2, -0.15) is 0 Å². The first-order chi connectivity index (χ1) is 5.22. The van der Waals surface area contributed by atoms with Crippen LogP contribution in [0.4, 0.5) is 0 Å². The third-order valence-electron chi connectivity index (χ3n) is 1.12. The molecule has 0 heterocycles. The van der Waals surface area contributed by atoms with Gasteiger partial charge in [-0.15, -0.1) is 6.58 Å². The predicted octanol–water partition coefficient (Wildman–Crippen LogP) is 2.89. The number of phenols is 1. The molecule has 60 valence electrons. The largest absolute Gasteiger partial charge is 0.508 e. The SMILES string of the molecule is C=CC.Cc1ccccc1O. The van der Waals surface area contributed by atoms with E-state index in [4.69, 9.17) is 5.11 Å². The van der Waals surface area contributed by atoms with Gasteiger partial charge in [0.1, 0.15) is 5.75 Å². The maximum Gasteiger partial charge on any atom is 0.118 e. The Bertz CT molecular complexity index is 195. The molecule has 0 saturated heterocycles. The summed E-state index contributed by atoms with van der Waals surface area (Å²) in [4.78, 5) is 0. The van der Waals surface area contributed by atoms with E-state index in [-0.39, 0.29) is 0 Å². The van der Waals surface area contributed by atoms with Crippen LogP contribution in [0.25, 0.3) is 0 Å². The Morgan fingerprint density at radius 2 is 1.82 bits per heavy atom. The van der Waals surface area contributed by atoms with Gasteiger partial charge in [-0.3, -0.25) is 0 Å². The zero-order chi connectivity index (χ0) is 8.69. The molecule has 11 heavy (non-hydrogen) atoms.